The second-order valence-corrected chi connectivity index (χ2v) is 10.2. The molecule has 8 nitrogen and oxygen atoms in total. The minimum Gasteiger partial charge on any atom is -0.476 e. The van der Waals surface area contributed by atoms with Crippen LogP contribution in [0.1, 0.15) is 55.5 Å². The summed E-state index contributed by atoms with van der Waals surface area (Å²) in [6, 6.07) is 14.0. The van der Waals surface area contributed by atoms with Crippen LogP contribution in [-0.4, -0.2) is 50.4 Å². The first-order chi connectivity index (χ1) is 17.6. The van der Waals surface area contributed by atoms with Gasteiger partial charge in [0.1, 0.15) is 5.75 Å². The van der Waals surface area contributed by atoms with Gasteiger partial charge in [0.15, 0.2) is 5.60 Å². The van der Waals surface area contributed by atoms with Crippen LogP contribution in [0.15, 0.2) is 48.5 Å². The molecule has 0 unspecified atom stereocenters. The van der Waals surface area contributed by atoms with Gasteiger partial charge in [0, 0.05) is 23.7 Å². The van der Waals surface area contributed by atoms with Crippen molar-refractivity contribution in [2.24, 2.45) is 5.41 Å². The van der Waals surface area contributed by atoms with Crippen molar-refractivity contribution < 1.29 is 28.6 Å². The van der Waals surface area contributed by atoms with Gasteiger partial charge in [0.05, 0.1) is 5.41 Å². The Hall–Kier alpha value is -3.10. The molecule has 0 spiro atoms. The standard InChI is InChI=1S/C28H35ClN2O6/c1-27(2,25(33)35-19-36-26(34)28(18-30-3)15-4-5-16-28)37-23-12-6-20(7-13-23)14-17-31-24(32)21-8-10-22(29)11-9-21/h6-13,30H,4-5,14-19H2,1-3H3,(H,31,32). The Morgan fingerprint density at radius 1 is 0.973 bits per heavy atom. The highest BCUT2D eigenvalue weighted by Gasteiger charge is 2.42. The van der Waals surface area contributed by atoms with E-state index in [0.717, 1.165) is 31.2 Å². The summed E-state index contributed by atoms with van der Waals surface area (Å²) >= 11 is 5.85. The molecule has 1 amide bonds. The molecule has 37 heavy (non-hydrogen) atoms. The third-order valence-electron chi connectivity index (χ3n) is 6.48. The molecule has 200 valence electrons. The summed E-state index contributed by atoms with van der Waals surface area (Å²) in [7, 11) is 1.81. The average molecular weight is 531 g/mol. The Morgan fingerprint density at radius 3 is 2.24 bits per heavy atom. The van der Waals surface area contributed by atoms with Crippen molar-refractivity contribution in [2.75, 3.05) is 26.9 Å². The maximum Gasteiger partial charge on any atom is 0.352 e. The molecule has 3 rings (SSSR count). The third kappa shape index (κ3) is 7.94. The number of halogens is 1. The second kappa shape index (κ2) is 12.9. The van der Waals surface area contributed by atoms with Gasteiger partial charge in [0.2, 0.25) is 6.79 Å². The van der Waals surface area contributed by atoms with Crippen molar-refractivity contribution >= 4 is 29.4 Å². The van der Waals surface area contributed by atoms with Gasteiger partial charge in [-0.25, -0.2) is 4.79 Å². The van der Waals surface area contributed by atoms with E-state index >= 15 is 0 Å². The molecule has 0 saturated heterocycles. The largest absolute Gasteiger partial charge is 0.476 e. The van der Waals surface area contributed by atoms with Crippen LogP contribution in [-0.2, 0) is 25.5 Å². The number of esters is 2. The van der Waals surface area contributed by atoms with Gasteiger partial charge >= 0.3 is 11.9 Å². The molecule has 1 aliphatic carbocycles. The van der Waals surface area contributed by atoms with Crippen LogP contribution in [0.4, 0.5) is 0 Å². The Labute approximate surface area is 223 Å². The topological polar surface area (TPSA) is 103 Å². The molecular weight excluding hydrogens is 496 g/mol. The fraction of sp³-hybridized carbons (Fsp3) is 0.464. The van der Waals surface area contributed by atoms with E-state index in [2.05, 4.69) is 10.6 Å². The maximum absolute atomic E-state index is 12.6. The number of carbonyl (C=O) groups is 3. The fourth-order valence-electron chi connectivity index (χ4n) is 4.39. The molecule has 2 N–H and O–H groups in total. The van der Waals surface area contributed by atoms with Crippen molar-refractivity contribution in [1.29, 1.82) is 0 Å². The van der Waals surface area contributed by atoms with E-state index in [4.69, 9.17) is 25.8 Å². The van der Waals surface area contributed by atoms with Crippen molar-refractivity contribution in [3.05, 3.63) is 64.7 Å². The van der Waals surface area contributed by atoms with E-state index in [9.17, 15) is 14.4 Å². The number of benzene rings is 2. The van der Waals surface area contributed by atoms with Gasteiger partial charge in [-0.05, 0) is 82.1 Å². The van der Waals surface area contributed by atoms with E-state index in [1.807, 2.05) is 12.1 Å². The monoisotopic (exact) mass is 530 g/mol. The number of hydrogen-bond acceptors (Lipinski definition) is 7. The zero-order valence-corrected chi connectivity index (χ0v) is 22.4. The van der Waals surface area contributed by atoms with Crippen LogP contribution in [0.25, 0.3) is 0 Å². The van der Waals surface area contributed by atoms with Crippen LogP contribution >= 0.6 is 11.6 Å². The molecule has 2 aromatic carbocycles. The summed E-state index contributed by atoms with van der Waals surface area (Å²) in [5.74, 6) is -0.649. The summed E-state index contributed by atoms with van der Waals surface area (Å²) in [5, 5.41) is 6.51. The molecule has 0 atom stereocenters. The van der Waals surface area contributed by atoms with E-state index in [0.29, 0.717) is 35.8 Å². The van der Waals surface area contributed by atoms with Gasteiger partial charge in [-0.15, -0.1) is 0 Å². The number of hydrogen-bond donors (Lipinski definition) is 2. The molecule has 0 heterocycles. The average Bonchev–Trinajstić information content (AvgIpc) is 3.35. The Kier molecular flexibility index (Phi) is 9.94. The van der Waals surface area contributed by atoms with Gasteiger partial charge < -0.3 is 24.8 Å². The van der Waals surface area contributed by atoms with Crippen LogP contribution in [0.3, 0.4) is 0 Å². The Morgan fingerprint density at radius 2 is 1.62 bits per heavy atom. The highest BCUT2D eigenvalue weighted by atomic mass is 35.5. The maximum atomic E-state index is 12.6. The molecule has 1 saturated carbocycles. The first-order valence-electron chi connectivity index (χ1n) is 12.5. The van der Waals surface area contributed by atoms with Gasteiger partial charge in [-0.2, -0.15) is 0 Å². The van der Waals surface area contributed by atoms with Crippen molar-refractivity contribution in [1.82, 2.24) is 10.6 Å². The highest BCUT2D eigenvalue weighted by molar-refractivity contribution is 6.30. The lowest BCUT2D eigenvalue weighted by atomic mass is 9.86. The molecule has 0 aromatic heterocycles. The van der Waals surface area contributed by atoms with Gasteiger partial charge in [0.25, 0.3) is 5.91 Å². The molecule has 0 radical (unpaired) electrons. The number of carbonyl (C=O) groups excluding carboxylic acids is 3. The Bertz CT molecular complexity index is 1060. The molecule has 0 aliphatic heterocycles. The normalized spacial score (nSPS) is 14.6. The fourth-order valence-corrected chi connectivity index (χ4v) is 4.52. The summed E-state index contributed by atoms with van der Waals surface area (Å²) in [5.41, 5.74) is -0.282. The minimum absolute atomic E-state index is 0.164. The van der Waals surface area contributed by atoms with Gasteiger partial charge in [-0.3, -0.25) is 9.59 Å². The smallest absolute Gasteiger partial charge is 0.352 e. The molecule has 1 aliphatic rings. The van der Waals surface area contributed by atoms with E-state index < -0.39 is 23.8 Å². The number of amides is 1. The SMILES string of the molecule is CNCC1(C(=O)OCOC(=O)C(C)(C)Oc2ccc(CCNC(=O)c3ccc(Cl)cc3)cc2)CCCC1. The zero-order valence-electron chi connectivity index (χ0n) is 21.6. The van der Waals surface area contributed by atoms with Crippen LogP contribution in [0.2, 0.25) is 5.02 Å². The summed E-state index contributed by atoms with van der Waals surface area (Å²) < 4.78 is 16.3. The molecular formula is C28H35ClN2O6. The Balaban J connectivity index is 1.42. The number of rotatable bonds is 12. The van der Waals surface area contributed by atoms with Crippen LogP contribution in [0, 0.1) is 5.41 Å². The molecule has 2 aromatic rings. The summed E-state index contributed by atoms with van der Waals surface area (Å²) in [4.78, 5) is 37.4. The van der Waals surface area contributed by atoms with Crippen molar-refractivity contribution in [2.45, 2.75) is 51.6 Å². The summed E-state index contributed by atoms with van der Waals surface area (Å²) in [6.07, 6.45) is 4.12. The number of nitrogens with one attached hydrogen (secondary N) is 2. The van der Waals surface area contributed by atoms with Crippen LogP contribution < -0.4 is 15.4 Å². The van der Waals surface area contributed by atoms with E-state index in [-0.39, 0.29) is 11.9 Å². The molecule has 9 heteroatoms. The molecule has 0 bridgehead atoms. The first-order valence-corrected chi connectivity index (χ1v) is 12.8. The zero-order chi connectivity index (χ0) is 26.9. The predicted molar refractivity (Wildman–Crippen MR) is 141 cm³/mol. The predicted octanol–water partition coefficient (Wildman–Crippen LogP) is 4.29. The minimum atomic E-state index is -1.28. The molecule has 1 fully saturated rings. The lowest BCUT2D eigenvalue weighted by Crippen LogP contribution is -2.42. The van der Waals surface area contributed by atoms with E-state index in [1.54, 1.807) is 57.3 Å². The van der Waals surface area contributed by atoms with E-state index in [1.165, 1.54) is 0 Å². The van der Waals surface area contributed by atoms with Crippen LogP contribution in [0.5, 0.6) is 5.75 Å². The van der Waals surface area contributed by atoms with Crippen molar-refractivity contribution in [3.63, 3.8) is 0 Å². The third-order valence-corrected chi connectivity index (χ3v) is 6.73. The lowest BCUT2D eigenvalue weighted by Gasteiger charge is -2.27. The summed E-state index contributed by atoms with van der Waals surface area (Å²) in [6.45, 7) is 3.75. The van der Waals surface area contributed by atoms with Gasteiger partial charge in [-0.1, -0.05) is 36.6 Å². The number of ether oxygens (including phenoxy) is 3. The van der Waals surface area contributed by atoms with Crippen molar-refractivity contribution in [3.8, 4) is 5.75 Å². The lowest BCUT2D eigenvalue weighted by molar-refractivity contribution is -0.182. The first kappa shape index (κ1) is 28.5. The second-order valence-electron chi connectivity index (χ2n) is 9.77. The highest BCUT2D eigenvalue weighted by Crippen LogP contribution is 2.38. The quantitative estimate of drug-likeness (QED) is 0.311.